The summed E-state index contributed by atoms with van der Waals surface area (Å²) in [5.74, 6) is -1.41. The van der Waals surface area contributed by atoms with Gasteiger partial charge >= 0.3 is 0 Å². The maximum Gasteiger partial charge on any atom is 0.262 e. The lowest BCUT2D eigenvalue weighted by Gasteiger charge is -2.26. The highest BCUT2D eigenvalue weighted by Gasteiger charge is 2.34. The summed E-state index contributed by atoms with van der Waals surface area (Å²) in [5, 5.41) is 5.69. The first-order valence-corrected chi connectivity index (χ1v) is 10.1. The number of hydrogen-bond donors (Lipinski definition) is 0. The second-order valence-electron chi connectivity index (χ2n) is 7.20. The molecule has 0 aromatic heterocycles. The number of ether oxygens (including phenoxy) is 1. The van der Waals surface area contributed by atoms with Crippen LogP contribution in [-0.2, 0) is 14.3 Å². The molecule has 0 unspecified atom stereocenters. The van der Waals surface area contributed by atoms with Gasteiger partial charge in [-0.15, -0.1) is 0 Å². The summed E-state index contributed by atoms with van der Waals surface area (Å²) in [7, 11) is 1.52. The molecule has 1 heterocycles. The van der Waals surface area contributed by atoms with Crippen LogP contribution >= 0.6 is 0 Å². The predicted molar refractivity (Wildman–Crippen MR) is 112 cm³/mol. The van der Waals surface area contributed by atoms with E-state index < -0.39 is 23.6 Å². The van der Waals surface area contributed by atoms with E-state index in [1.807, 2.05) is 0 Å². The van der Waals surface area contributed by atoms with E-state index >= 15 is 0 Å². The van der Waals surface area contributed by atoms with Crippen molar-refractivity contribution in [1.82, 2.24) is 9.91 Å². The lowest BCUT2D eigenvalue weighted by molar-refractivity contribution is -0.141. The number of rotatable bonds is 8. The molecule has 1 aliphatic rings. The van der Waals surface area contributed by atoms with Gasteiger partial charge in [-0.25, -0.2) is 13.8 Å². The van der Waals surface area contributed by atoms with Crippen molar-refractivity contribution in [3.8, 4) is 0 Å². The standard InChI is InChI=1S/C23H25F2N3O3/c1-3-22(29)27(12-13-31-2)15-23(30)28-21(16-8-10-17(24)11-9-16)14-20(26-28)18-6-4-5-7-19(18)25/h4-11,21H,3,12-15H2,1-2H3/t21-/m1/s1. The average Bonchev–Trinajstić information content (AvgIpc) is 3.22. The van der Waals surface area contributed by atoms with Crippen LogP contribution in [0.5, 0.6) is 0 Å². The van der Waals surface area contributed by atoms with Crippen LogP contribution in [-0.4, -0.2) is 54.2 Å². The molecule has 2 amide bonds. The Morgan fingerprint density at radius 2 is 1.87 bits per heavy atom. The monoisotopic (exact) mass is 429 g/mol. The molecule has 6 nitrogen and oxygen atoms in total. The van der Waals surface area contributed by atoms with Gasteiger partial charge in [-0.1, -0.05) is 37.3 Å². The van der Waals surface area contributed by atoms with Gasteiger partial charge in [0.25, 0.3) is 5.91 Å². The number of halogens is 2. The van der Waals surface area contributed by atoms with Crippen LogP contribution in [0.4, 0.5) is 8.78 Å². The van der Waals surface area contributed by atoms with Crippen molar-refractivity contribution in [2.45, 2.75) is 25.8 Å². The van der Waals surface area contributed by atoms with Crippen molar-refractivity contribution in [2.24, 2.45) is 5.10 Å². The van der Waals surface area contributed by atoms with E-state index in [0.717, 1.165) is 0 Å². The number of methoxy groups -OCH3 is 1. The van der Waals surface area contributed by atoms with Crippen molar-refractivity contribution in [2.75, 3.05) is 26.8 Å². The van der Waals surface area contributed by atoms with E-state index in [-0.39, 0.29) is 31.8 Å². The first-order chi connectivity index (χ1) is 14.9. The summed E-state index contributed by atoms with van der Waals surface area (Å²) >= 11 is 0. The SMILES string of the molecule is CCC(=O)N(CCOC)CC(=O)N1N=C(c2ccccc2F)C[C@@H]1c1ccc(F)cc1. The highest BCUT2D eigenvalue weighted by Crippen LogP contribution is 2.33. The summed E-state index contributed by atoms with van der Waals surface area (Å²) in [6.45, 7) is 2.11. The molecule has 0 radical (unpaired) electrons. The summed E-state index contributed by atoms with van der Waals surface area (Å²) in [4.78, 5) is 26.8. The minimum atomic E-state index is -0.524. The zero-order chi connectivity index (χ0) is 22.4. The minimum absolute atomic E-state index is 0.179. The maximum atomic E-state index is 14.4. The second kappa shape index (κ2) is 10.3. The van der Waals surface area contributed by atoms with Crippen LogP contribution in [0.2, 0.25) is 0 Å². The van der Waals surface area contributed by atoms with E-state index in [0.29, 0.717) is 23.4 Å². The Morgan fingerprint density at radius 3 is 2.52 bits per heavy atom. The van der Waals surface area contributed by atoms with Crippen LogP contribution in [0.1, 0.15) is 36.9 Å². The van der Waals surface area contributed by atoms with Gasteiger partial charge in [0.05, 0.1) is 18.4 Å². The summed E-state index contributed by atoms with van der Waals surface area (Å²) in [5.41, 5.74) is 1.41. The van der Waals surface area contributed by atoms with Crippen LogP contribution in [0.3, 0.4) is 0 Å². The van der Waals surface area contributed by atoms with Crippen LogP contribution < -0.4 is 0 Å². The molecule has 0 saturated heterocycles. The van der Waals surface area contributed by atoms with Gasteiger partial charge in [-0.05, 0) is 23.8 Å². The topological polar surface area (TPSA) is 62.2 Å². The Hall–Kier alpha value is -3.13. The Balaban J connectivity index is 1.91. The molecule has 3 rings (SSSR count). The number of benzene rings is 2. The molecule has 2 aromatic rings. The molecule has 8 heteroatoms. The van der Waals surface area contributed by atoms with E-state index in [1.54, 1.807) is 37.3 Å². The number of hydrogen-bond acceptors (Lipinski definition) is 4. The molecule has 0 bridgehead atoms. The van der Waals surface area contributed by atoms with Gasteiger partial charge in [-0.3, -0.25) is 9.59 Å². The predicted octanol–water partition coefficient (Wildman–Crippen LogP) is 3.53. The van der Waals surface area contributed by atoms with E-state index in [9.17, 15) is 18.4 Å². The Labute approximate surface area is 180 Å². The second-order valence-corrected chi connectivity index (χ2v) is 7.20. The van der Waals surface area contributed by atoms with Gasteiger partial charge < -0.3 is 9.64 Å². The smallest absolute Gasteiger partial charge is 0.262 e. The fourth-order valence-corrected chi connectivity index (χ4v) is 3.50. The lowest BCUT2D eigenvalue weighted by atomic mass is 9.98. The fraction of sp³-hybridized carbons (Fsp3) is 0.348. The molecule has 1 atom stereocenters. The third kappa shape index (κ3) is 5.32. The first kappa shape index (κ1) is 22.6. The molecule has 0 N–H and O–H groups in total. The Kier molecular flexibility index (Phi) is 7.46. The molecule has 0 spiro atoms. The van der Waals surface area contributed by atoms with Gasteiger partial charge in [0, 0.05) is 32.1 Å². The van der Waals surface area contributed by atoms with E-state index in [4.69, 9.17) is 4.74 Å². The average molecular weight is 429 g/mol. The van der Waals surface area contributed by atoms with Gasteiger partial charge in [0.1, 0.15) is 18.2 Å². The molecule has 0 aliphatic carbocycles. The van der Waals surface area contributed by atoms with Gasteiger partial charge in [0.15, 0.2) is 0 Å². The summed E-state index contributed by atoms with van der Waals surface area (Å²) in [6.07, 6.45) is 0.528. The van der Waals surface area contributed by atoms with Crippen molar-refractivity contribution in [3.63, 3.8) is 0 Å². The number of carbonyl (C=O) groups is 2. The normalized spacial score (nSPS) is 15.7. The third-order valence-electron chi connectivity index (χ3n) is 5.15. The molecule has 1 aliphatic heterocycles. The molecular weight excluding hydrogens is 404 g/mol. The molecule has 0 saturated carbocycles. The molecular formula is C23H25F2N3O3. The molecule has 0 fully saturated rings. The third-order valence-corrected chi connectivity index (χ3v) is 5.15. The number of carbonyl (C=O) groups excluding carboxylic acids is 2. The van der Waals surface area contributed by atoms with Crippen molar-refractivity contribution in [1.29, 1.82) is 0 Å². The highest BCUT2D eigenvalue weighted by molar-refractivity contribution is 6.03. The molecule has 164 valence electrons. The molecule has 2 aromatic carbocycles. The van der Waals surface area contributed by atoms with E-state index in [1.165, 1.54) is 35.2 Å². The zero-order valence-corrected chi connectivity index (χ0v) is 17.6. The Bertz CT molecular complexity index is 963. The van der Waals surface area contributed by atoms with Crippen molar-refractivity contribution in [3.05, 3.63) is 71.3 Å². The quantitative estimate of drug-likeness (QED) is 0.645. The molecule has 31 heavy (non-hydrogen) atoms. The van der Waals surface area contributed by atoms with Crippen LogP contribution in [0.15, 0.2) is 53.6 Å². The maximum absolute atomic E-state index is 14.4. The van der Waals surface area contributed by atoms with Crippen molar-refractivity contribution >= 4 is 17.5 Å². The number of hydrazone groups is 1. The number of nitrogens with zero attached hydrogens (tertiary/aromatic N) is 3. The first-order valence-electron chi connectivity index (χ1n) is 10.1. The number of amides is 2. The largest absolute Gasteiger partial charge is 0.383 e. The van der Waals surface area contributed by atoms with Crippen LogP contribution in [0.25, 0.3) is 0 Å². The van der Waals surface area contributed by atoms with Gasteiger partial charge in [0.2, 0.25) is 5.91 Å². The Morgan fingerprint density at radius 1 is 1.16 bits per heavy atom. The van der Waals surface area contributed by atoms with Crippen molar-refractivity contribution < 1.29 is 23.1 Å². The minimum Gasteiger partial charge on any atom is -0.383 e. The highest BCUT2D eigenvalue weighted by atomic mass is 19.1. The zero-order valence-electron chi connectivity index (χ0n) is 17.6. The lowest BCUT2D eigenvalue weighted by Crippen LogP contribution is -2.42. The summed E-state index contributed by atoms with van der Waals surface area (Å²) < 4.78 is 32.8. The summed E-state index contributed by atoms with van der Waals surface area (Å²) in [6, 6.07) is 11.5. The van der Waals surface area contributed by atoms with Crippen LogP contribution in [0, 0.1) is 11.6 Å². The van der Waals surface area contributed by atoms with Gasteiger partial charge in [-0.2, -0.15) is 5.10 Å². The fourth-order valence-electron chi connectivity index (χ4n) is 3.50. The van der Waals surface area contributed by atoms with E-state index in [2.05, 4.69) is 5.10 Å².